The summed E-state index contributed by atoms with van der Waals surface area (Å²) < 4.78 is 5.06. The van der Waals surface area contributed by atoms with Crippen LogP contribution in [0.15, 0.2) is 18.3 Å². The Kier molecular flexibility index (Phi) is 5.56. The van der Waals surface area contributed by atoms with Gasteiger partial charge in [-0.05, 0) is 36.8 Å². The van der Waals surface area contributed by atoms with Gasteiger partial charge >= 0.3 is 5.97 Å². The van der Waals surface area contributed by atoms with E-state index >= 15 is 0 Å². The number of aromatic nitrogens is 1. The standard InChI is InChI=1S/C16H24N2O3/c1-12(8-16(19)20)14-4-3-7-18(11-14)10-13-5-6-15(21-2)17-9-13/h5-6,9,12,14H,3-4,7-8,10-11H2,1-2H3,(H,19,20). The normalized spacial score (nSPS) is 21.0. The maximum atomic E-state index is 10.9. The number of piperidine rings is 1. The van der Waals surface area contributed by atoms with Gasteiger partial charge in [-0.2, -0.15) is 0 Å². The number of carbonyl (C=O) groups is 1. The zero-order valence-electron chi connectivity index (χ0n) is 12.8. The van der Waals surface area contributed by atoms with Crippen LogP contribution in [0.5, 0.6) is 5.88 Å². The molecule has 2 atom stereocenters. The number of aliphatic carboxylic acids is 1. The largest absolute Gasteiger partial charge is 0.481 e. The Hall–Kier alpha value is -1.62. The van der Waals surface area contributed by atoms with Crippen LogP contribution in [-0.4, -0.2) is 41.2 Å². The quantitative estimate of drug-likeness (QED) is 0.872. The summed E-state index contributed by atoms with van der Waals surface area (Å²) in [5.41, 5.74) is 1.17. The van der Waals surface area contributed by atoms with Crippen LogP contribution in [0.1, 0.15) is 31.7 Å². The van der Waals surface area contributed by atoms with Gasteiger partial charge < -0.3 is 9.84 Å². The fourth-order valence-corrected chi connectivity index (χ4v) is 3.02. The lowest BCUT2D eigenvalue weighted by Crippen LogP contribution is -2.37. The van der Waals surface area contributed by atoms with E-state index in [2.05, 4.69) is 16.8 Å². The number of rotatable bonds is 6. The van der Waals surface area contributed by atoms with Crippen molar-refractivity contribution < 1.29 is 14.6 Å². The molecule has 0 bridgehead atoms. The zero-order chi connectivity index (χ0) is 15.2. The second-order valence-corrected chi connectivity index (χ2v) is 5.92. The van der Waals surface area contributed by atoms with Crippen molar-refractivity contribution in [2.45, 2.75) is 32.7 Å². The number of likely N-dealkylation sites (tertiary alicyclic amines) is 1. The van der Waals surface area contributed by atoms with Gasteiger partial charge in [0.1, 0.15) is 0 Å². The van der Waals surface area contributed by atoms with Crippen LogP contribution in [-0.2, 0) is 11.3 Å². The fraction of sp³-hybridized carbons (Fsp3) is 0.625. The number of hydrogen-bond acceptors (Lipinski definition) is 4. The van der Waals surface area contributed by atoms with E-state index in [1.807, 2.05) is 18.3 Å². The van der Waals surface area contributed by atoms with E-state index in [0.717, 1.165) is 32.5 Å². The third kappa shape index (κ3) is 4.70. The number of hydrogen-bond donors (Lipinski definition) is 1. The minimum atomic E-state index is -0.695. The summed E-state index contributed by atoms with van der Waals surface area (Å²) in [6.45, 7) is 4.97. The molecule has 2 unspecified atom stereocenters. The monoisotopic (exact) mass is 292 g/mol. The van der Waals surface area contributed by atoms with E-state index in [4.69, 9.17) is 9.84 Å². The van der Waals surface area contributed by atoms with E-state index < -0.39 is 5.97 Å². The van der Waals surface area contributed by atoms with Crippen molar-refractivity contribution in [2.24, 2.45) is 11.8 Å². The predicted octanol–water partition coefficient (Wildman–Crippen LogP) is 2.41. The number of carboxylic acid groups (broad SMARTS) is 1. The number of methoxy groups -OCH3 is 1. The van der Waals surface area contributed by atoms with Gasteiger partial charge in [-0.3, -0.25) is 9.69 Å². The van der Waals surface area contributed by atoms with Crippen LogP contribution in [0.25, 0.3) is 0 Å². The average Bonchev–Trinajstić information content (AvgIpc) is 2.47. The SMILES string of the molecule is COc1ccc(CN2CCCC(C(C)CC(=O)O)C2)cn1. The van der Waals surface area contributed by atoms with E-state index in [0.29, 0.717) is 11.8 Å². The molecular weight excluding hydrogens is 268 g/mol. The van der Waals surface area contributed by atoms with E-state index in [1.165, 1.54) is 5.56 Å². The Bertz CT molecular complexity index is 461. The van der Waals surface area contributed by atoms with Crippen molar-refractivity contribution >= 4 is 5.97 Å². The van der Waals surface area contributed by atoms with Gasteiger partial charge in [0.2, 0.25) is 5.88 Å². The molecule has 2 heterocycles. The van der Waals surface area contributed by atoms with E-state index in [1.54, 1.807) is 7.11 Å². The third-order valence-electron chi connectivity index (χ3n) is 4.26. The van der Waals surface area contributed by atoms with Crippen molar-refractivity contribution in [3.63, 3.8) is 0 Å². The Balaban J connectivity index is 1.89. The number of carboxylic acids is 1. The molecule has 0 spiro atoms. The van der Waals surface area contributed by atoms with Gasteiger partial charge in [-0.15, -0.1) is 0 Å². The molecule has 1 saturated heterocycles. The minimum absolute atomic E-state index is 0.235. The Labute approximate surface area is 125 Å². The number of pyridine rings is 1. The van der Waals surface area contributed by atoms with Gasteiger partial charge in [-0.1, -0.05) is 13.0 Å². The Morgan fingerprint density at radius 3 is 3.00 bits per heavy atom. The van der Waals surface area contributed by atoms with Crippen LogP contribution in [0.3, 0.4) is 0 Å². The lowest BCUT2D eigenvalue weighted by molar-refractivity contribution is -0.138. The summed E-state index contributed by atoms with van der Waals surface area (Å²) in [4.78, 5) is 17.5. The molecule has 5 nitrogen and oxygen atoms in total. The molecule has 0 aliphatic carbocycles. The van der Waals surface area contributed by atoms with Gasteiger partial charge in [-0.25, -0.2) is 4.98 Å². The summed E-state index contributed by atoms with van der Waals surface area (Å²) in [6, 6.07) is 3.92. The highest BCUT2D eigenvalue weighted by Crippen LogP contribution is 2.27. The van der Waals surface area contributed by atoms with Crippen LogP contribution >= 0.6 is 0 Å². The lowest BCUT2D eigenvalue weighted by atomic mass is 9.84. The summed E-state index contributed by atoms with van der Waals surface area (Å²) >= 11 is 0. The smallest absolute Gasteiger partial charge is 0.303 e. The maximum Gasteiger partial charge on any atom is 0.303 e. The molecule has 1 aromatic rings. The highest BCUT2D eigenvalue weighted by molar-refractivity contribution is 5.67. The molecule has 2 rings (SSSR count). The maximum absolute atomic E-state index is 10.9. The van der Waals surface area contributed by atoms with Crippen LogP contribution in [0.4, 0.5) is 0 Å². The molecule has 0 radical (unpaired) electrons. The van der Waals surface area contributed by atoms with Crippen molar-refractivity contribution in [3.05, 3.63) is 23.9 Å². The first kappa shape index (κ1) is 15.8. The van der Waals surface area contributed by atoms with Crippen LogP contribution in [0, 0.1) is 11.8 Å². The summed E-state index contributed by atoms with van der Waals surface area (Å²) in [6.07, 6.45) is 4.38. The van der Waals surface area contributed by atoms with Crippen molar-refractivity contribution in [1.82, 2.24) is 9.88 Å². The second-order valence-electron chi connectivity index (χ2n) is 5.92. The molecule has 0 aromatic carbocycles. The topological polar surface area (TPSA) is 62.7 Å². The molecule has 1 aromatic heterocycles. The molecular formula is C16H24N2O3. The second kappa shape index (κ2) is 7.41. The molecule has 1 fully saturated rings. The molecule has 1 aliphatic rings. The van der Waals surface area contributed by atoms with Gasteiger partial charge in [0.05, 0.1) is 7.11 Å². The third-order valence-corrected chi connectivity index (χ3v) is 4.26. The fourth-order valence-electron chi connectivity index (χ4n) is 3.02. The zero-order valence-corrected chi connectivity index (χ0v) is 12.8. The molecule has 1 aliphatic heterocycles. The number of nitrogens with zero attached hydrogens (tertiary/aromatic N) is 2. The lowest BCUT2D eigenvalue weighted by Gasteiger charge is -2.35. The first-order chi connectivity index (χ1) is 10.1. The van der Waals surface area contributed by atoms with E-state index in [9.17, 15) is 4.79 Å². The van der Waals surface area contributed by atoms with Crippen molar-refractivity contribution in [2.75, 3.05) is 20.2 Å². The molecule has 21 heavy (non-hydrogen) atoms. The Morgan fingerprint density at radius 2 is 2.38 bits per heavy atom. The van der Waals surface area contributed by atoms with Crippen LogP contribution in [0.2, 0.25) is 0 Å². The summed E-state index contributed by atoms with van der Waals surface area (Å²) in [5.74, 6) is 0.643. The summed E-state index contributed by atoms with van der Waals surface area (Å²) in [7, 11) is 1.61. The van der Waals surface area contributed by atoms with E-state index in [-0.39, 0.29) is 12.3 Å². The summed E-state index contributed by atoms with van der Waals surface area (Å²) in [5, 5.41) is 8.93. The first-order valence-corrected chi connectivity index (χ1v) is 7.51. The van der Waals surface area contributed by atoms with Crippen molar-refractivity contribution in [3.8, 4) is 5.88 Å². The molecule has 1 N–H and O–H groups in total. The van der Waals surface area contributed by atoms with Gasteiger partial charge in [0.15, 0.2) is 0 Å². The highest BCUT2D eigenvalue weighted by atomic mass is 16.5. The molecule has 5 heteroatoms. The Morgan fingerprint density at radius 1 is 1.57 bits per heavy atom. The number of ether oxygens (including phenoxy) is 1. The molecule has 0 saturated carbocycles. The van der Waals surface area contributed by atoms with Crippen molar-refractivity contribution in [1.29, 1.82) is 0 Å². The van der Waals surface area contributed by atoms with Crippen LogP contribution < -0.4 is 4.74 Å². The molecule has 116 valence electrons. The minimum Gasteiger partial charge on any atom is -0.481 e. The van der Waals surface area contributed by atoms with Gasteiger partial charge in [0, 0.05) is 31.8 Å². The first-order valence-electron chi connectivity index (χ1n) is 7.51. The predicted molar refractivity (Wildman–Crippen MR) is 80.2 cm³/mol. The van der Waals surface area contributed by atoms with Gasteiger partial charge in [0.25, 0.3) is 0 Å². The molecule has 0 amide bonds. The average molecular weight is 292 g/mol. The highest BCUT2D eigenvalue weighted by Gasteiger charge is 2.25.